The minimum absolute atomic E-state index is 0.00965. The van der Waals surface area contributed by atoms with Crippen LogP contribution in [0.3, 0.4) is 0 Å². The highest BCUT2D eigenvalue weighted by Crippen LogP contribution is 2.20. The lowest BCUT2D eigenvalue weighted by Gasteiger charge is -2.07. The monoisotopic (exact) mass is 232 g/mol. The summed E-state index contributed by atoms with van der Waals surface area (Å²) in [5, 5.41) is 10.2. The molecule has 0 saturated heterocycles. The number of sulfonamides is 1. The summed E-state index contributed by atoms with van der Waals surface area (Å²) in [6.07, 6.45) is 0. The molecule has 7 heteroatoms. The van der Waals surface area contributed by atoms with E-state index in [-0.39, 0.29) is 11.3 Å². The highest BCUT2D eigenvalue weighted by Gasteiger charge is 2.23. The Hall–Kier alpha value is -1.34. The molecule has 1 rings (SSSR count). The van der Waals surface area contributed by atoms with Crippen molar-refractivity contribution < 1.29 is 22.7 Å². The lowest BCUT2D eigenvalue weighted by atomic mass is 10.3. The quantitative estimate of drug-likeness (QED) is 0.680. The molecule has 0 aliphatic carbocycles. The van der Waals surface area contributed by atoms with Crippen molar-refractivity contribution in [3.05, 3.63) is 17.4 Å². The van der Waals surface area contributed by atoms with E-state index in [0.717, 1.165) is 10.4 Å². The Morgan fingerprint density at radius 3 is 2.33 bits per heavy atom. The van der Waals surface area contributed by atoms with Crippen molar-refractivity contribution in [2.24, 2.45) is 0 Å². The second kappa shape index (κ2) is 3.67. The fourth-order valence-electron chi connectivity index (χ4n) is 0.965. The van der Waals surface area contributed by atoms with Crippen molar-refractivity contribution in [3.63, 3.8) is 0 Å². The van der Waals surface area contributed by atoms with Gasteiger partial charge in [0.05, 0.1) is 5.97 Å². The molecular weight excluding hydrogens is 222 g/mol. The van der Waals surface area contributed by atoms with Gasteiger partial charge in [-0.25, -0.2) is 12.7 Å². The first-order valence-corrected chi connectivity index (χ1v) is 5.45. The zero-order valence-corrected chi connectivity index (χ0v) is 9.29. The smallest absolute Gasteiger partial charge is 0.275 e. The lowest BCUT2D eigenvalue weighted by molar-refractivity contribution is -0.255. The number of carboxylic acid groups (broad SMARTS) is 1. The minimum Gasteiger partial charge on any atom is -0.545 e. The van der Waals surface area contributed by atoms with E-state index in [1.807, 2.05) is 0 Å². The topological polar surface area (TPSA) is 90.7 Å². The molecule has 0 fully saturated rings. The SMILES string of the molecule is Cc1oc(S(=O)(=O)N(C)C)cc1C(=O)[O-]. The van der Waals surface area contributed by atoms with Gasteiger partial charge in [0.15, 0.2) is 0 Å². The Balaban J connectivity index is 3.31. The van der Waals surface area contributed by atoms with Crippen molar-refractivity contribution in [2.45, 2.75) is 12.0 Å². The van der Waals surface area contributed by atoms with Crippen LogP contribution in [-0.4, -0.2) is 32.8 Å². The first kappa shape index (κ1) is 11.7. The van der Waals surface area contributed by atoms with Crippen LogP contribution in [0.25, 0.3) is 0 Å². The van der Waals surface area contributed by atoms with Crippen molar-refractivity contribution in [1.29, 1.82) is 0 Å². The van der Waals surface area contributed by atoms with Crippen LogP contribution in [0.15, 0.2) is 15.6 Å². The van der Waals surface area contributed by atoms with Crippen molar-refractivity contribution in [2.75, 3.05) is 14.1 Å². The molecule has 1 aromatic rings. The van der Waals surface area contributed by atoms with Gasteiger partial charge in [-0.1, -0.05) is 0 Å². The van der Waals surface area contributed by atoms with Gasteiger partial charge in [-0.2, -0.15) is 0 Å². The number of aromatic carboxylic acids is 1. The van der Waals surface area contributed by atoms with E-state index in [1.165, 1.54) is 21.0 Å². The number of hydrogen-bond donors (Lipinski definition) is 0. The van der Waals surface area contributed by atoms with Gasteiger partial charge >= 0.3 is 0 Å². The zero-order valence-electron chi connectivity index (χ0n) is 8.47. The van der Waals surface area contributed by atoms with E-state index in [0.29, 0.717) is 0 Å². The summed E-state index contributed by atoms with van der Waals surface area (Å²) in [7, 11) is -1.09. The van der Waals surface area contributed by atoms with Crippen LogP contribution in [0.1, 0.15) is 16.1 Å². The summed E-state index contributed by atoms with van der Waals surface area (Å²) in [6.45, 7) is 1.36. The Morgan fingerprint density at radius 1 is 1.47 bits per heavy atom. The number of carbonyl (C=O) groups is 1. The van der Waals surface area contributed by atoms with E-state index < -0.39 is 21.1 Å². The first-order valence-electron chi connectivity index (χ1n) is 4.01. The second-order valence-corrected chi connectivity index (χ2v) is 5.19. The predicted molar refractivity (Wildman–Crippen MR) is 48.6 cm³/mol. The molecule has 1 aromatic heterocycles. The third-order valence-electron chi connectivity index (χ3n) is 1.85. The van der Waals surface area contributed by atoms with Crippen LogP contribution in [0.4, 0.5) is 0 Å². The summed E-state index contributed by atoms with van der Waals surface area (Å²) >= 11 is 0. The lowest BCUT2D eigenvalue weighted by Crippen LogP contribution is -2.23. The van der Waals surface area contributed by atoms with Gasteiger partial charge in [0.25, 0.3) is 10.0 Å². The van der Waals surface area contributed by atoms with E-state index in [4.69, 9.17) is 4.42 Å². The molecule has 0 atom stereocenters. The van der Waals surface area contributed by atoms with E-state index in [1.54, 1.807) is 0 Å². The average Bonchev–Trinajstić information content (AvgIpc) is 2.47. The summed E-state index contributed by atoms with van der Waals surface area (Å²) in [5.74, 6) is -1.45. The van der Waals surface area contributed by atoms with Crippen molar-refractivity contribution in [1.82, 2.24) is 4.31 Å². The van der Waals surface area contributed by atoms with E-state index in [2.05, 4.69) is 0 Å². The van der Waals surface area contributed by atoms with Gasteiger partial charge in [0.1, 0.15) is 5.76 Å². The number of rotatable bonds is 3. The molecule has 1 heterocycles. The molecule has 0 unspecified atom stereocenters. The maximum absolute atomic E-state index is 11.5. The number of hydrogen-bond acceptors (Lipinski definition) is 5. The predicted octanol–water partition coefficient (Wildman–Crippen LogP) is -0.798. The number of carboxylic acids is 1. The van der Waals surface area contributed by atoms with Gasteiger partial charge in [0, 0.05) is 25.7 Å². The highest BCUT2D eigenvalue weighted by molar-refractivity contribution is 7.88. The molecule has 0 amide bonds. The molecule has 0 spiro atoms. The zero-order chi connectivity index (χ0) is 11.8. The largest absolute Gasteiger partial charge is 0.545 e. The number of carbonyl (C=O) groups excluding carboxylic acids is 1. The van der Waals surface area contributed by atoms with Gasteiger partial charge in [0.2, 0.25) is 5.09 Å². The molecule has 0 radical (unpaired) electrons. The Labute approximate surface area is 87.2 Å². The summed E-state index contributed by atoms with van der Waals surface area (Å²) < 4.78 is 28.9. The minimum atomic E-state index is -3.74. The maximum Gasteiger partial charge on any atom is 0.275 e. The molecule has 0 saturated carbocycles. The molecule has 84 valence electrons. The number of aryl methyl sites for hydroxylation is 1. The summed E-state index contributed by atoms with van der Waals surface area (Å²) in [4.78, 5) is 10.6. The normalized spacial score (nSPS) is 12.0. The second-order valence-electron chi connectivity index (χ2n) is 3.11. The average molecular weight is 232 g/mol. The van der Waals surface area contributed by atoms with Gasteiger partial charge in [-0.15, -0.1) is 0 Å². The molecule has 0 aromatic carbocycles. The Morgan fingerprint density at radius 2 is 2.00 bits per heavy atom. The molecule has 0 N–H and O–H groups in total. The number of furan rings is 1. The van der Waals surface area contributed by atoms with Gasteiger partial charge in [-0.3, -0.25) is 0 Å². The first-order chi connectivity index (χ1) is 6.76. The van der Waals surface area contributed by atoms with Crippen LogP contribution in [0.5, 0.6) is 0 Å². The van der Waals surface area contributed by atoms with Crippen LogP contribution in [0.2, 0.25) is 0 Å². The van der Waals surface area contributed by atoms with Gasteiger partial charge < -0.3 is 14.3 Å². The molecule has 0 aliphatic heterocycles. The standard InChI is InChI=1S/C8H11NO5S/c1-5-6(8(10)11)4-7(14-5)15(12,13)9(2)3/h4H,1-3H3,(H,10,11)/p-1. The van der Waals surface area contributed by atoms with Crippen LogP contribution in [0, 0.1) is 6.92 Å². The van der Waals surface area contributed by atoms with Crippen molar-refractivity contribution >= 4 is 16.0 Å². The fourth-order valence-corrected chi connectivity index (χ4v) is 1.82. The van der Waals surface area contributed by atoms with Gasteiger partial charge in [-0.05, 0) is 6.92 Å². The highest BCUT2D eigenvalue weighted by atomic mass is 32.2. The van der Waals surface area contributed by atoms with Crippen LogP contribution < -0.4 is 5.11 Å². The fraction of sp³-hybridized carbons (Fsp3) is 0.375. The molecule has 15 heavy (non-hydrogen) atoms. The third-order valence-corrected chi connectivity index (χ3v) is 3.52. The molecule has 0 aliphatic rings. The van der Waals surface area contributed by atoms with E-state index >= 15 is 0 Å². The molecule has 6 nitrogen and oxygen atoms in total. The van der Waals surface area contributed by atoms with Crippen LogP contribution in [-0.2, 0) is 10.0 Å². The number of nitrogens with zero attached hydrogens (tertiary/aromatic N) is 1. The summed E-state index contributed by atoms with van der Waals surface area (Å²) in [6, 6.07) is 0.944. The maximum atomic E-state index is 11.5. The van der Waals surface area contributed by atoms with Crippen molar-refractivity contribution in [3.8, 4) is 0 Å². The Kier molecular flexibility index (Phi) is 2.87. The molecule has 0 bridgehead atoms. The molecular formula is C8H10NO5S-. The van der Waals surface area contributed by atoms with E-state index in [9.17, 15) is 18.3 Å². The van der Waals surface area contributed by atoms with Crippen LogP contribution >= 0.6 is 0 Å². The Bertz CT molecular complexity index is 485. The third kappa shape index (κ3) is 2.02. The summed E-state index contributed by atoms with van der Waals surface area (Å²) in [5.41, 5.74) is -0.254.